The first-order valence-electron chi connectivity index (χ1n) is 18.4. The molecular formula is C52H28N4. The maximum absolute atomic E-state index is 10.0. The second-order valence-electron chi connectivity index (χ2n) is 14.6. The summed E-state index contributed by atoms with van der Waals surface area (Å²) in [5, 5.41) is 47.6. The van der Waals surface area contributed by atoms with Gasteiger partial charge in [0.25, 0.3) is 0 Å². The van der Waals surface area contributed by atoms with E-state index in [1.807, 2.05) is 73.7 Å². The van der Waals surface area contributed by atoms with Crippen molar-refractivity contribution in [1.82, 2.24) is 0 Å². The Hall–Kier alpha value is -8.02. The van der Waals surface area contributed by atoms with E-state index in [-0.39, 0.29) is 0 Å². The molecule has 1 aliphatic rings. The van der Waals surface area contributed by atoms with Crippen molar-refractivity contribution in [3.8, 4) is 79.9 Å². The van der Waals surface area contributed by atoms with Crippen LogP contribution in [0, 0.1) is 59.2 Å². The summed E-state index contributed by atoms with van der Waals surface area (Å²) in [4.78, 5) is 0. The number of hydrogen-bond donors (Lipinski definition) is 0. The van der Waals surface area contributed by atoms with E-state index in [9.17, 15) is 21.0 Å². The van der Waals surface area contributed by atoms with Gasteiger partial charge in [-0.15, -0.1) is 0 Å². The predicted octanol–water partition coefficient (Wildman–Crippen LogP) is 13.1. The summed E-state index contributed by atoms with van der Waals surface area (Å²) in [5.41, 5.74) is 15.5. The highest BCUT2D eigenvalue weighted by atomic mass is 14.3. The number of nitrogens with zero attached hydrogens (tertiary/aromatic N) is 4. The van der Waals surface area contributed by atoms with Gasteiger partial charge in [0.1, 0.15) is 0 Å². The lowest BCUT2D eigenvalue weighted by molar-refractivity contribution is 1.42. The number of benzene rings is 9. The molecule has 0 aliphatic heterocycles. The first kappa shape index (κ1) is 32.6. The number of nitriles is 4. The third-order valence-corrected chi connectivity index (χ3v) is 11.6. The average molecular weight is 709 g/mol. The Bertz CT molecular complexity index is 3410. The summed E-state index contributed by atoms with van der Waals surface area (Å²) < 4.78 is 0. The summed E-state index contributed by atoms with van der Waals surface area (Å²) in [7, 11) is 0. The molecule has 0 unspecified atom stereocenters. The van der Waals surface area contributed by atoms with Crippen LogP contribution in [0.15, 0.2) is 133 Å². The Balaban J connectivity index is 1.33. The van der Waals surface area contributed by atoms with Crippen molar-refractivity contribution in [2.24, 2.45) is 0 Å². The highest BCUT2D eigenvalue weighted by molar-refractivity contribution is 6.27. The Labute approximate surface area is 323 Å². The number of fused-ring (bicyclic) bond motifs is 8. The molecule has 56 heavy (non-hydrogen) atoms. The molecule has 0 fully saturated rings. The van der Waals surface area contributed by atoms with Crippen LogP contribution >= 0.6 is 0 Å². The van der Waals surface area contributed by atoms with E-state index in [2.05, 4.69) is 97.9 Å². The lowest BCUT2D eigenvalue weighted by Crippen LogP contribution is -1.93. The van der Waals surface area contributed by atoms with Gasteiger partial charge < -0.3 is 0 Å². The minimum atomic E-state index is 0.581. The Morgan fingerprint density at radius 3 is 1.36 bits per heavy atom. The van der Waals surface area contributed by atoms with E-state index in [0.29, 0.717) is 22.3 Å². The van der Waals surface area contributed by atoms with Crippen LogP contribution in [0.25, 0.3) is 98.7 Å². The smallest absolute Gasteiger partial charge is 0.0991 e. The average Bonchev–Trinajstić information content (AvgIpc) is 3.55. The van der Waals surface area contributed by atoms with Crippen molar-refractivity contribution in [3.63, 3.8) is 0 Å². The standard InChI is InChI=1S/C52H28N4/c1-29-18-32(26-54)8-13-36(29)44-22-50-46(39-15-10-34(28-56)20-43(39)44)21-45(37-14-9-33(27-55)19-30(37)2)49-24-48-42-17-16-38(35-11-6-31(25-53)7-12-35)40-4-3-5-41(52(40)42)47(48)23-51(49)50/h3-24H,1-2H3. The SMILES string of the molecule is Cc1cc(C#N)ccc1-c1cc2c3cc4c(cc3c(-c3ccc(C#N)cc3C)cc2c2ccc(C#N)cc12)-c1ccc(-c2ccc(C#N)cc2)c2cccc-4c12. The number of rotatable bonds is 3. The molecular weight excluding hydrogens is 681 g/mol. The third-order valence-electron chi connectivity index (χ3n) is 11.6. The van der Waals surface area contributed by atoms with Gasteiger partial charge in [-0.05, 0) is 196 Å². The Morgan fingerprint density at radius 2 is 0.750 bits per heavy atom. The maximum atomic E-state index is 10.0. The molecule has 4 nitrogen and oxygen atoms in total. The van der Waals surface area contributed by atoms with E-state index in [4.69, 9.17) is 0 Å². The molecule has 0 N–H and O–H groups in total. The fourth-order valence-electron chi connectivity index (χ4n) is 8.96. The number of aryl methyl sites for hydroxylation is 2. The summed E-state index contributed by atoms with van der Waals surface area (Å²) in [5.74, 6) is 0. The van der Waals surface area contributed by atoms with Gasteiger partial charge in [-0.3, -0.25) is 0 Å². The van der Waals surface area contributed by atoms with Crippen LogP contribution in [0.4, 0.5) is 0 Å². The largest absolute Gasteiger partial charge is 0.192 e. The van der Waals surface area contributed by atoms with Crippen LogP contribution in [0.1, 0.15) is 33.4 Å². The molecule has 0 saturated heterocycles. The van der Waals surface area contributed by atoms with Gasteiger partial charge in [0.2, 0.25) is 0 Å². The monoisotopic (exact) mass is 708 g/mol. The zero-order valence-corrected chi connectivity index (χ0v) is 30.5. The lowest BCUT2D eigenvalue weighted by Gasteiger charge is -2.19. The molecule has 0 bridgehead atoms. The molecule has 1 aliphatic carbocycles. The van der Waals surface area contributed by atoms with Crippen molar-refractivity contribution in [1.29, 1.82) is 21.0 Å². The number of hydrogen-bond acceptors (Lipinski definition) is 4. The van der Waals surface area contributed by atoms with Gasteiger partial charge >= 0.3 is 0 Å². The van der Waals surface area contributed by atoms with Gasteiger partial charge in [0.05, 0.1) is 46.5 Å². The van der Waals surface area contributed by atoms with Crippen molar-refractivity contribution in [3.05, 3.63) is 167 Å². The van der Waals surface area contributed by atoms with E-state index in [1.165, 1.54) is 27.6 Å². The predicted molar refractivity (Wildman–Crippen MR) is 226 cm³/mol. The van der Waals surface area contributed by atoms with Gasteiger partial charge in [-0.25, -0.2) is 0 Å². The van der Waals surface area contributed by atoms with Crippen molar-refractivity contribution >= 4 is 43.1 Å². The van der Waals surface area contributed by atoms with E-state index >= 15 is 0 Å². The molecule has 0 aromatic heterocycles. The van der Waals surface area contributed by atoms with E-state index < -0.39 is 0 Å². The fourth-order valence-corrected chi connectivity index (χ4v) is 8.96. The lowest BCUT2D eigenvalue weighted by atomic mass is 9.84. The van der Waals surface area contributed by atoms with Crippen molar-refractivity contribution in [2.45, 2.75) is 13.8 Å². The van der Waals surface area contributed by atoms with Crippen LogP contribution in [-0.2, 0) is 0 Å². The van der Waals surface area contributed by atoms with Gasteiger partial charge in [-0.2, -0.15) is 21.0 Å². The molecule has 0 atom stereocenters. The van der Waals surface area contributed by atoms with Crippen LogP contribution in [0.5, 0.6) is 0 Å². The molecule has 256 valence electrons. The van der Waals surface area contributed by atoms with Gasteiger partial charge in [0.15, 0.2) is 0 Å². The molecule has 0 spiro atoms. The quantitative estimate of drug-likeness (QED) is 0.171. The molecule has 4 heteroatoms. The highest BCUT2D eigenvalue weighted by Crippen LogP contribution is 2.53. The summed E-state index contributed by atoms with van der Waals surface area (Å²) in [6, 6.07) is 54.8. The molecule has 0 heterocycles. The Morgan fingerprint density at radius 1 is 0.304 bits per heavy atom. The molecule has 10 rings (SSSR count). The molecule has 9 aromatic rings. The minimum absolute atomic E-state index is 0.581. The highest BCUT2D eigenvalue weighted by Gasteiger charge is 2.26. The summed E-state index contributed by atoms with van der Waals surface area (Å²) in [6.45, 7) is 4.10. The van der Waals surface area contributed by atoms with Gasteiger partial charge in [-0.1, -0.05) is 60.7 Å². The van der Waals surface area contributed by atoms with Crippen molar-refractivity contribution in [2.75, 3.05) is 0 Å². The maximum Gasteiger partial charge on any atom is 0.0991 e. The summed E-state index contributed by atoms with van der Waals surface area (Å²) in [6.07, 6.45) is 0. The first-order chi connectivity index (χ1) is 27.4. The van der Waals surface area contributed by atoms with Crippen LogP contribution in [-0.4, -0.2) is 0 Å². The summed E-state index contributed by atoms with van der Waals surface area (Å²) >= 11 is 0. The molecule has 9 aromatic carbocycles. The van der Waals surface area contributed by atoms with Crippen LogP contribution < -0.4 is 0 Å². The molecule has 0 radical (unpaired) electrons. The van der Waals surface area contributed by atoms with Crippen molar-refractivity contribution < 1.29 is 0 Å². The zero-order chi connectivity index (χ0) is 38.2. The zero-order valence-electron chi connectivity index (χ0n) is 30.5. The fraction of sp³-hybridized carbons (Fsp3) is 0.0385. The van der Waals surface area contributed by atoms with E-state index in [1.54, 1.807) is 0 Å². The minimum Gasteiger partial charge on any atom is -0.192 e. The van der Waals surface area contributed by atoms with Crippen LogP contribution in [0.2, 0.25) is 0 Å². The first-order valence-corrected chi connectivity index (χ1v) is 18.4. The molecule has 0 saturated carbocycles. The second-order valence-corrected chi connectivity index (χ2v) is 14.6. The van der Waals surface area contributed by atoms with E-state index in [0.717, 1.165) is 82.2 Å². The Kier molecular flexibility index (Phi) is 7.15. The third kappa shape index (κ3) is 4.75. The molecule has 0 amide bonds. The van der Waals surface area contributed by atoms with Crippen LogP contribution in [0.3, 0.4) is 0 Å². The second kappa shape index (κ2) is 12.3. The topological polar surface area (TPSA) is 95.2 Å². The van der Waals surface area contributed by atoms with Gasteiger partial charge in [0, 0.05) is 0 Å². The normalized spacial score (nSPS) is 11.3.